The molecule has 6 rings (SSSR count). The predicted molar refractivity (Wildman–Crippen MR) is 120 cm³/mol. The van der Waals surface area contributed by atoms with Crippen LogP contribution < -0.4 is 21.5 Å². The maximum absolute atomic E-state index is 13.6. The van der Waals surface area contributed by atoms with E-state index in [4.69, 9.17) is 0 Å². The number of anilines is 3. The van der Waals surface area contributed by atoms with Crippen LogP contribution in [0.25, 0.3) is 0 Å². The molecule has 3 fully saturated rings. The molecule has 3 saturated carbocycles. The highest BCUT2D eigenvalue weighted by Gasteiger charge is 2.56. The quantitative estimate of drug-likeness (QED) is 0.685. The average Bonchev–Trinajstić information content (AvgIpc) is 3.67. The molecular weight excluding hydrogens is 406 g/mol. The van der Waals surface area contributed by atoms with E-state index in [0.717, 1.165) is 37.7 Å². The smallest absolute Gasteiger partial charge is 0.276 e. The molecule has 3 N–H and O–H groups in total. The van der Waals surface area contributed by atoms with Crippen molar-refractivity contribution in [3.63, 3.8) is 0 Å². The lowest BCUT2D eigenvalue weighted by Gasteiger charge is -2.39. The van der Waals surface area contributed by atoms with Gasteiger partial charge in [0.25, 0.3) is 11.5 Å². The Bertz CT molecular complexity index is 1210. The fourth-order valence-corrected chi connectivity index (χ4v) is 5.61. The molecule has 0 saturated heterocycles. The summed E-state index contributed by atoms with van der Waals surface area (Å²) in [5.41, 5.74) is 1.69. The lowest BCUT2D eigenvalue weighted by molar-refractivity contribution is -0.117. The van der Waals surface area contributed by atoms with Crippen LogP contribution in [0.2, 0.25) is 0 Å². The zero-order valence-electron chi connectivity index (χ0n) is 18.2. The molecule has 3 aliphatic carbocycles. The fraction of sp³-hybridized carbons (Fsp3) is 0.500. The molecule has 4 aliphatic rings. The summed E-state index contributed by atoms with van der Waals surface area (Å²) in [5.74, 6) is 0.444. The number of carbonyl (C=O) groups is 2. The molecule has 32 heavy (non-hydrogen) atoms. The summed E-state index contributed by atoms with van der Waals surface area (Å²) in [6.45, 7) is 1.87. The number of hydrogen-bond donors (Lipinski definition) is 3. The Balaban J connectivity index is 1.35. The van der Waals surface area contributed by atoms with Gasteiger partial charge in [0, 0.05) is 23.9 Å². The average molecular weight is 434 g/mol. The molecule has 8 nitrogen and oxygen atoms in total. The van der Waals surface area contributed by atoms with Crippen LogP contribution in [0.1, 0.15) is 67.4 Å². The van der Waals surface area contributed by atoms with Gasteiger partial charge in [0.2, 0.25) is 5.91 Å². The van der Waals surface area contributed by atoms with Crippen molar-refractivity contribution in [2.75, 3.05) is 10.6 Å². The predicted octanol–water partition coefficient (Wildman–Crippen LogP) is 3.39. The second-order valence-electron chi connectivity index (χ2n) is 10.1. The van der Waals surface area contributed by atoms with Gasteiger partial charge in [0.1, 0.15) is 22.9 Å². The highest BCUT2D eigenvalue weighted by Crippen LogP contribution is 2.60. The van der Waals surface area contributed by atoms with Crippen molar-refractivity contribution in [1.82, 2.24) is 14.9 Å². The molecule has 2 spiro atoms. The van der Waals surface area contributed by atoms with Gasteiger partial charge in [-0.25, -0.2) is 4.98 Å². The number of aryl methyl sites for hydroxylation is 1. The number of pyridine rings is 2. The summed E-state index contributed by atoms with van der Waals surface area (Å²) in [4.78, 5) is 42.9. The highest BCUT2D eigenvalue weighted by molar-refractivity contribution is 5.97. The van der Waals surface area contributed by atoms with E-state index in [9.17, 15) is 14.4 Å². The standard InChI is InChI=1S/C24H27N5O3/c1-14-11-17(27-18-12-16(5-10-25-18)26-20(30)15-3-4-15)22(32)29-19(14)21(31)28-24(29)7-2-6-23(13-24)8-9-23/h5,10-12,15H,2-4,6-9,13H2,1H3,(H,28,31)(H2,25,26,27,30). The van der Waals surface area contributed by atoms with Crippen LogP contribution >= 0.6 is 0 Å². The van der Waals surface area contributed by atoms with E-state index in [1.165, 1.54) is 19.3 Å². The third-order valence-electron chi connectivity index (χ3n) is 7.54. The first-order chi connectivity index (χ1) is 15.4. The number of aromatic nitrogens is 2. The van der Waals surface area contributed by atoms with Crippen LogP contribution in [0.4, 0.5) is 17.2 Å². The Labute approximate surface area is 185 Å². The molecule has 1 unspecified atom stereocenters. The Morgan fingerprint density at radius 2 is 2.00 bits per heavy atom. The topological polar surface area (TPSA) is 105 Å². The lowest BCUT2D eigenvalue weighted by Crippen LogP contribution is -2.51. The van der Waals surface area contributed by atoms with Gasteiger partial charge in [-0.1, -0.05) is 0 Å². The van der Waals surface area contributed by atoms with Crippen LogP contribution in [0.5, 0.6) is 0 Å². The summed E-state index contributed by atoms with van der Waals surface area (Å²) in [6.07, 6.45) is 9.60. The Kier molecular flexibility index (Phi) is 4.07. The maximum atomic E-state index is 13.6. The monoisotopic (exact) mass is 433 g/mol. The molecule has 2 amide bonds. The molecule has 0 bridgehead atoms. The molecule has 1 atom stereocenters. The minimum absolute atomic E-state index is 0.0217. The third kappa shape index (κ3) is 3.12. The van der Waals surface area contributed by atoms with Crippen molar-refractivity contribution in [2.45, 2.75) is 64.0 Å². The van der Waals surface area contributed by atoms with E-state index in [0.29, 0.717) is 22.9 Å². The zero-order chi connectivity index (χ0) is 22.1. The molecule has 0 radical (unpaired) electrons. The van der Waals surface area contributed by atoms with Crippen LogP contribution in [-0.4, -0.2) is 21.4 Å². The lowest BCUT2D eigenvalue weighted by atomic mass is 9.78. The van der Waals surface area contributed by atoms with Gasteiger partial charge in [-0.2, -0.15) is 0 Å². The number of amides is 2. The van der Waals surface area contributed by atoms with Gasteiger partial charge in [0.05, 0.1) is 0 Å². The molecule has 0 aromatic carbocycles. The number of nitrogens with zero attached hydrogens (tertiary/aromatic N) is 2. The minimum Gasteiger partial charge on any atom is -0.336 e. The first-order valence-corrected chi connectivity index (χ1v) is 11.5. The van der Waals surface area contributed by atoms with Gasteiger partial charge in [-0.05, 0) is 81.4 Å². The van der Waals surface area contributed by atoms with Crippen molar-refractivity contribution in [3.8, 4) is 0 Å². The molecule has 3 heterocycles. The van der Waals surface area contributed by atoms with E-state index in [2.05, 4.69) is 20.9 Å². The normalized spacial score (nSPS) is 24.8. The van der Waals surface area contributed by atoms with Gasteiger partial charge in [-0.3, -0.25) is 19.0 Å². The van der Waals surface area contributed by atoms with Crippen molar-refractivity contribution in [1.29, 1.82) is 0 Å². The second-order valence-corrected chi connectivity index (χ2v) is 10.1. The van der Waals surface area contributed by atoms with Crippen molar-refractivity contribution < 1.29 is 9.59 Å². The number of fused-ring (bicyclic) bond motifs is 2. The van der Waals surface area contributed by atoms with E-state index in [1.54, 1.807) is 29.0 Å². The molecular formula is C24H27N5O3. The van der Waals surface area contributed by atoms with Crippen LogP contribution in [-0.2, 0) is 10.5 Å². The van der Waals surface area contributed by atoms with Gasteiger partial charge in [0.15, 0.2) is 0 Å². The minimum atomic E-state index is -0.631. The first kappa shape index (κ1) is 19.5. The van der Waals surface area contributed by atoms with E-state index in [-0.39, 0.29) is 28.7 Å². The van der Waals surface area contributed by atoms with Gasteiger partial charge >= 0.3 is 0 Å². The summed E-state index contributed by atoms with van der Waals surface area (Å²) in [6, 6.07) is 5.19. The van der Waals surface area contributed by atoms with Crippen molar-refractivity contribution in [2.24, 2.45) is 11.3 Å². The molecule has 2 aromatic rings. The molecule has 1 aliphatic heterocycles. The van der Waals surface area contributed by atoms with Crippen molar-refractivity contribution in [3.05, 3.63) is 46.0 Å². The largest absolute Gasteiger partial charge is 0.336 e. The second kappa shape index (κ2) is 6.67. The number of carbonyl (C=O) groups excluding carboxylic acids is 2. The Hall–Kier alpha value is -3.16. The number of nitrogens with one attached hydrogen (secondary N) is 3. The zero-order valence-corrected chi connectivity index (χ0v) is 18.2. The van der Waals surface area contributed by atoms with Gasteiger partial charge < -0.3 is 16.0 Å². The fourth-order valence-electron chi connectivity index (χ4n) is 5.61. The van der Waals surface area contributed by atoms with Crippen LogP contribution in [0.15, 0.2) is 29.2 Å². The first-order valence-electron chi connectivity index (χ1n) is 11.5. The number of rotatable bonds is 4. The highest BCUT2D eigenvalue weighted by atomic mass is 16.2. The Morgan fingerprint density at radius 1 is 1.19 bits per heavy atom. The summed E-state index contributed by atoms with van der Waals surface area (Å²) < 4.78 is 1.71. The molecule has 8 heteroatoms. The summed E-state index contributed by atoms with van der Waals surface area (Å²) >= 11 is 0. The van der Waals surface area contributed by atoms with E-state index < -0.39 is 5.66 Å². The van der Waals surface area contributed by atoms with E-state index >= 15 is 0 Å². The Morgan fingerprint density at radius 3 is 2.75 bits per heavy atom. The van der Waals surface area contributed by atoms with Crippen LogP contribution in [0.3, 0.4) is 0 Å². The van der Waals surface area contributed by atoms with Gasteiger partial charge in [-0.15, -0.1) is 0 Å². The number of hydrogen-bond acceptors (Lipinski definition) is 5. The third-order valence-corrected chi connectivity index (χ3v) is 7.54. The molecule has 166 valence electrons. The molecule has 2 aromatic heterocycles. The van der Waals surface area contributed by atoms with Crippen molar-refractivity contribution >= 4 is 29.0 Å². The SMILES string of the molecule is Cc1cc(Nc2cc(NC(=O)C3CC3)ccn2)c(=O)n2c1C(=O)NC21CCCC2(CC2)C1. The summed E-state index contributed by atoms with van der Waals surface area (Å²) in [7, 11) is 0. The maximum Gasteiger partial charge on any atom is 0.276 e. The van der Waals surface area contributed by atoms with Crippen LogP contribution in [0, 0.1) is 18.3 Å². The van der Waals surface area contributed by atoms with E-state index in [1.807, 2.05) is 6.92 Å². The summed E-state index contributed by atoms with van der Waals surface area (Å²) in [5, 5.41) is 9.23.